The van der Waals surface area contributed by atoms with Crippen LogP contribution in [0.25, 0.3) is 0 Å². The summed E-state index contributed by atoms with van der Waals surface area (Å²) in [5, 5.41) is 7.65. The first-order valence-electron chi connectivity index (χ1n) is 11.0. The van der Waals surface area contributed by atoms with Gasteiger partial charge in [-0.3, -0.25) is 0 Å². The van der Waals surface area contributed by atoms with Crippen LogP contribution < -0.4 is 10.1 Å². The summed E-state index contributed by atoms with van der Waals surface area (Å²) in [7, 11) is 0. The lowest BCUT2D eigenvalue weighted by Gasteiger charge is -2.29. The van der Waals surface area contributed by atoms with Gasteiger partial charge >= 0.3 is 5.97 Å². The molecule has 0 radical (unpaired) electrons. The van der Waals surface area contributed by atoms with E-state index >= 15 is 0 Å². The van der Waals surface area contributed by atoms with Crippen LogP contribution in [0.4, 0.5) is 5.95 Å². The number of hydrogen-bond donors (Lipinski definition) is 1. The van der Waals surface area contributed by atoms with E-state index in [0.29, 0.717) is 24.7 Å². The Bertz CT molecular complexity index is 1120. The predicted octanol–water partition coefficient (Wildman–Crippen LogP) is 4.80. The average molecular weight is 433 g/mol. The van der Waals surface area contributed by atoms with Gasteiger partial charge in [0.05, 0.1) is 12.2 Å². The summed E-state index contributed by atoms with van der Waals surface area (Å²) >= 11 is 0. The number of rotatable bonds is 8. The number of hydrogen-bond acceptors (Lipinski definition) is 6. The molecule has 0 unspecified atom stereocenters. The summed E-state index contributed by atoms with van der Waals surface area (Å²) in [6.45, 7) is 6.77. The number of carbonyl (C=O) groups excluding carboxylic acids is 1. The van der Waals surface area contributed by atoms with Gasteiger partial charge in [-0.2, -0.15) is 10.1 Å². The molecule has 0 amide bonds. The van der Waals surface area contributed by atoms with Gasteiger partial charge in [0.1, 0.15) is 24.7 Å². The van der Waals surface area contributed by atoms with Crippen molar-refractivity contribution in [3.05, 3.63) is 82.8 Å². The van der Waals surface area contributed by atoms with Crippen LogP contribution in [-0.4, -0.2) is 27.3 Å². The summed E-state index contributed by atoms with van der Waals surface area (Å²) in [6.07, 6.45) is 3.10. The number of allylic oxidation sites excluding steroid dienone is 1. The Labute approximate surface area is 188 Å². The maximum absolute atomic E-state index is 13.0. The van der Waals surface area contributed by atoms with Crippen molar-refractivity contribution in [3.63, 3.8) is 0 Å². The number of aromatic nitrogens is 3. The molecular formula is C25H28N4O3. The van der Waals surface area contributed by atoms with E-state index in [0.717, 1.165) is 35.4 Å². The molecule has 2 aromatic carbocycles. The minimum atomic E-state index is -0.417. The van der Waals surface area contributed by atoms with Crippen LogP contribution in [0, 0.1) is 6.92 Å². The number of nitrogens with zero attached hydrogens (tertiary/aromatic N) is 3. The highest BCUT2D eigenvalue weighted by atomic mass is 16.5. The fourth-order valence-electron chi connectivity index (χ4n) is 3.90. The number of aryl methyl sites for hydroxylation is 1. The zero-order valence-corrected chi connectivity index (χ0v) is 18.7. The minimum Gasteiger partial charge on any atom is -0.489 e. The van der Waals surface area contributed by atoms with E-state index in [1.807, 2.05) is 43.3 Å². The van der Waals surface area contributed by atoms with Crippen LogP contribution in [0.5, 0.6) is 5.75 Å². The second-order valence-corrected chi connectivity index (χ2v) is 7.70. The molecule has 2 heterocycles. The predicted molar refractivity (Wildman–Crippen MR) is 122 cm³/mol. The quantitative estimate of drug-likeness (QED) is 0.515. The molecule has 1 aliphatic heterocycles. The molecule has 0 saturated heterocycles. The zero-order chi connectivity index (χ0) is 22.5. The van der Waals surface area contributed by atoms with Crippen molar-refractivity contribution < 1.29 is 14.3 Å². The molecule has 4 rings (SSSR count). The molecule has 0 aliphatic carbocycles. The first kappa shape index (κ1) is 21.6. The highest BCUT2D eigenvalue weighted by molar-refractivity contribution is 5.92. The van der Waals surface area contributed by atoms with E-state index in [1.165, 1.54) is 11.9 Å². The molecule has 1 atom stereocenters. The van der Waals surface area contributed by atoms with Crippen LogP contribution in [-0.2, 0) is 16.1 Å². The Hall–Kier alpha value is -3.61. The van der Waals surface area contributed by atoms with E-state index in [2.05, 4.69) is 41.4 Å². The standard InChI is InChI=1S/C25H28N4O3/c1-4-8-21-22(24(30)31-5-2)23(29-25(28-21)26-16-27-29)18-11-13-20(14-12-18)32-15-19-10-7-6-9-17(19)3/h6-7,9-14,16,23H,4-5,8,15H2,1-3H3,(H,26,27,28)/t23-/m1/s1. The Balaban J connectivity index is 1.64. The highest BCUT2D eigenvalue weighted by Crippen LogP contribution is 2.37. The van der Waals surface area contributed by atoms with Crippen LogP contribution in [0.3, 0.4) is 0 Å². The lowest BCUT2D eigenvalue weighted by molar-refractivity contribution is -0.139. The van der Waals surface area contributed by atoms with Crippen LogP contribution in [0.15, 0.2) is 66.1 Å². The monoisotopic (exact) mass is 432 g/mol. The molecule has 0 bridgehead atoms. The fourth-order valence-corrected chi connectivity index (χ4v) is 3.90. The Morgan fingerprint density at radius 3 is 2.62 bits per heavy atom. The van der Waals surface area contributed by atoms with Gasteiger partial charge < -0.3 is 14.8 Å². The Kier molecular flexibility index (Phi) is 6.54. The first-order chi connectivity index (χ1) is 15.6. The SMILES string of the molecule is CCCC1=C(C(=O)OCC)[C@@H](c2ccc(OCc3ccccc3C)cc2)n2ncnc2N1. The molecule has 7 nitrogen and oxygen atoms in total. The van der Waals surface area contributed by atoms with Gasteiger partial charge in [0.2, 0.25) is 5.95 Å². The van der Waals surface area contributed by atoms with Crippen molar-refractivity contribution in [1.82, 2.24) is 14.8 Å². The normalized spacial score (nSPS) is 15.2. The van der Waals surface area contributed by atoms with Gasteiger partial charge in [-0.15, -0.1) is 0 Å². The number of ether oxygens (including phenoxy) is 2. The summed E-state index contributed by atoms with van der Waals surface area (Å²) in [4.78, 5) is 17.3. The van der Waals surface area contributed by atoms with Crippen LogP contribution >= 0.6 is 0 Å². The number of carbonyl (C=O) groups is 1. The van der Waals surface area contributed by atoms with Crippen molar-refractivity contribution in [1.29, 1.82) is 0 Å². The summed E-state index contributed by atoms with van der Waals surface area (Å²) in [5.41, 5.74) is 4.67. The Morgan fingerprint density at radius 2 is 1.91 bits per heavy atom. The van der Waals surface area contributed by atoms with Gasteiger partial charge in [0.15, 0.2) is 0 Å². The third kappa shape index (κ3) is 4.37. The largest absolute Gasteiger partial charge is 0.489 e. The third-order valence-electron chi connectivity index (χ3n) is 5.53. The first-order valence-corrected chi connectivity index (χ1v) is 11.0. The summed E-state index contributed by atoms with van der Waals surface area (Å²) < 4.78 is 13.1. The van der Waals surface area contributed by atoms with E-state index < -0.39 is 6.04 Å². The zero-order valence-electron chi connectivity index (χ0n) is 18.7. The van der Waals surface area contributed by atoms with Crippen molar-refractivity contribution in [2.24, 2.45) is 0 Å². The van der Waals surface area contributed by atoms with Gasteiger partial charge in [0.25, 0.3) is 0 Å². The lowest BCUT2D eigenvalue weighted by atomic mass is 9.94. The maximum atomic E-state index is 13.0. The molecule has 166 valence electrons. The molecule has 0 fully saturated rings. The molecule has 7 heteroatoms. The maximum Gasteiger partial charge on any atom is 0.338 e. The van der Waals surface area contributed by atoms with Crippen LogP contribution in [0.2, 0.25) is 0 Å². The van der Waals surface area contributed by atoms with Gasteiger partial charge in [-0.25, -0.2) is 9.48 Å². The topological polar surface area (TPSA) is 78.3 Å². The van der Waals surface area contributed by atoms with Crippen molar-refractivity contribution in [3.8, 4) is 5.75 Å². The minimum absolute atomic E-state index is 0.310. The number of esters is 1. The van der Waals surface area contributed by atoms with E-state index in [1.54, 1.807) is 4.68 Å². The number of anilines is 1. The molecule has 1 N–H and O–H groups in total. The lowest BCUT2D eigenvalue weighted by Crippen LogP contribution is -2.30. The van der Waals surface area contributed by atoms with Crippen molar-refractivity contribution in [2.45, 2.75) is 46.3 Å². The molecule has 32 heavy (non-hydrogen) atoms. The van der Waals surface area contributed by atoms with Crippen LogP contribution in [0.1, 0.15) is 49.4 Å². The van der Waals surface area contributed by atoms with Gasteiger partial charge in [-0.05, 0) is 49.1 Å². The molecule has 0 spiro atoms. The number of benzene rings is 2. The summed E-state index contributed by atoms with van der Waals surface area (Å²) in [6, 6.07) is 15.5. The van der Waals surface area contributed by atoms with Crippen molar-refractivity contribution >= 4 is 11.9 Å². The number of fused-ring (bicyclic) bond motifs is 1. The average Bonchev–Trinajstić information content (AvgIpc) is 3.27. The third-order valence-corrected chi connectivity index (χ3v) is 5.53. The van der Waals surface area contributed by atoms with E-state index in [9.17, 15) is 4.79 Å². The molecule has 1 aromatic heterocycles. The van der Waals surface area contributed by atoms with E-state index in [4.69, 9.17) is 9.47 Å². The van der Waals surface area contributed by atoms with Crippen molar-refractivity contribution in [2.75, 3.05) is 11.9 Å². The van der Waals surface area contributed by atoms with Gasteiger partial charge in [-0.1, -0.05) is 49.7 Å². The fraction of sp³-hybridized carbons (Fsp3) is 0.320. The smallest absolute Gasteiger partial charge is 0.338 e. The second kappa shape index (κ2) is 9.68. The molecule has 1 aliphatic rings. The highest BCUT2D eigenvalue weighted by Gasteiger charge is 2.35. The molecule has 0 saturated carbocycles. The molecular weight excluding hydrogens is 404 g/mol. The summed E-state index contributed by atoms with van der Waals surface area (Å²) in [5.74, 6) is 1.04. The molecule has 3 aromatic rings. The van der Waals surface area contributed by atoms with Gasteiger partial charge in [0, 0.05) is 5.70 Å². The van der Waals surface area contributed by atoms with E-state index in [-0.39, 0.29) is 5.97 Å². The Morgan fingerprint density at radius 1 is 1.12 bits per heavy atom. The number of nitrogens with one attached hydrogen (secondary N) is 1. The second-order valence-electron chi connectivity index (χ2n) is 7.70.